The first kappa shape index (κ1) is 21.8. The monoisotopic (exact) mass is 400 g/mol. The van der Waals surface area contributed by atoms with Crippen molar-refractivity contribution in [1.29, 1.82) is 0 Å². The number of benzene rings is 1. The van der Waals surface area contributed by atoms with Gasteiger partial charge in [-0.05, 0) is 69.8 Å². The Morgan fingerprint density at radius 1 is 1.34 bits per heavy atom. The average Bonchev–Trinajstić information content (AvgIpc) is 3.29. The molecule has 0 bridgehead atoms. The van der Waals surface area contributed by atoms with Crippen LogP contribution < -0.4 is 11.1 Å². The number of aryl methyl sites for hydroxylation is 2. The van der Waals surface area contributed by atoms with Crippen molar-refractivity contribution in [2.24, 2.45) is 17.6 Å². The zero-order valence-electron chi connectivity index (χ0n) is 18.3. The summed E-state index contributed by atoms with van der Waals surface area (Å²) in [5.41, 5.74) is 9.05. The van der Waals surface area contributed by atoms with Crippen molar-refractivity contribution in [3.05, 3.63) is 35.5 Å². The molecule has 1 aromatic carbocycles. The standard InChI is InChI=1S/C23H36N4O2/c1-16(2)27(15-20-13-25-12-19(20)11-24)23(28)18-6-7-21-17(3)14-26(22(21)10-18)8-5-9-29-4/h6-7,10,14,16,19-20,25H,5,8-9,11-13,15,24H2,1-4H3/t19-,20+/m1/s1. The number of carbonyl (C=O) groups excluding carboxylic acids is 1. The molecule has 1 saturated heterocycles. The highest BCUT2D eigenvalue weighted by Gasteiger charge is 2.30. The molecule has 2 heterocycles. The molecule has 1 aromatic heterocycles. The van der Waals surface area contributed by atoms with Crippen molar-refractivity contribution in [2.75, 3.05) is 39.9 Å². The highest BCUT2D eigenvalue weighted by Crippen LogP contribution is 2.25. The Morgan fingerprint density at radius 2 is 2.10 bits per heavy atom. The van der Waals surface area contributed by atoms with Gasteiger partial charge in [0.1, 0.15) is 0 Å². The number of aromatic nitrogens is 1. The van der Waals surface area contributed by atoms with E-state index in [1.165, 1.54) is 10.9 Å². The molecule has 0 spiro atoms. The van der Waals surface area contributed by atoms with Gasteiger partial charge in [-0.15, -0.1) is 0 Å². The Hall–Kier alpha value is -1.89. The number of hydrogen-bond acceptors (Lipinski definition) is 4. The van der Waals surface area contributed by atoms with E-state index in [4.69, 9.17) is 10.5 Å². The SMILES string of the molecule is COCCCn1cc(C)c2ccc(C(=O)N(C[C@@H]3CNC[C@H]3CN)C(C)C)cc21. The van der Waals surface area contributed by atoms with Crippen LogP contribution in [0.25, 0.3) is 10.9 Å². The molecule has 0 radical (unpaired) electrons. The van der Waals surface area contributed by atoms with Gasteiger partial charge in [0.2, 0.25) is 0 Å². The number of nitrogens with two attached hydrogens (primary N) is 1. The van der Waals surface area contributed by atoms with E-state index in [9.17, 15) is 4.79 Å². The highest BCUT2D eigenvalue weighted by atomic mass is 16.5. The Morgan fingerprint density at radius 3 is 2.79 bits per heavy atom. The van der Waals surface area contributed by atoms with E-state index in [1.807, 2.05) is 11.0 Å². The van der Waals surface area contributed by atoms with Crippen LogP contribution in [0.1, 0.15) is 36.2 Å². The molecule has 2 aromatic rings. The van der Waals surface area contributed by atoms with Gasteiger partial charge in [0.15, 0.2) is 0 Å². The summed E-state index contributed by atoms with van der Waals surface area (Å²) in [5.74, 6) is 0.953. The summed E-state index contributed by atoms with van der Waals surface area (Å²) >= 11 is 0. The molecular formula is C23H36N4O2. The predicted octanol–water partition coefficient (Wildman–Crippen LogP) is 2.63. The minimum Gasteiger partial charge on any atom is -0.385 e. The third kappa shape index (κ3) is 4.82. The number of nitrogens with one attached hydrogen (secondary N) is 1. The van der Waals surface area contributed by atoms with Crippen LogP contribution in [-0.4, -0.2) is 61.3 Å². The summed E-state index contributed by atoms with van der Waals surface area (Å²) < 4.78 is 7.44. The lowest BCUT2D eigenvalue weighted by Gasteiger charge is -2.31. The summed E-state index contributed by atoms with van der Waals surface area (Å²) in [6.07, 6.45) is 3.12. The molecule has 6 nitrogen and oxygen atoms in total. The van der Waals surface area contributed by atoms with Crippen LogP contribution in [0.4, 0.5) is 0 Å². The lowest BCUT2D eigenvalue weighted by Crippen LogP contribution is -2.42. The number of hydrogen-bond donors (Lipinski definition) is 2. The number of ether oxygens (including phenoxy) is 1. The molecule has 1 aliphatic rings. The molecule has 1 aliphatic heterocycles. The van der Waals surface area contributed by atoms with Crippen molar-refractivity contribution in [3.63, 3.8) is 0 Å². The third-order valence-corrected chi connectivity index (χ3v) is 6.17. The van der Waals surface area contributed by atoms with Gasteiger partial charge in [0.25, 0.3) is 5.91 Å². The summed E-state index contributed by atoms with van der Waals surface area (Å²) in [6.45, 7) is 11.2. The Labute approximate surface area is 174 Å². The topological polar surface area (TPSA) is 72.5 Å². The molecule has 29 heavy (non-hydrogen) atoms. The number of fused-ring (bicyclic) bond motifs is 1. The van der Waals surface area contributed by atoms with Gasteiger partial charge < -0.3 is 25.3 Å². The second-order valence-corrected chi connectivity index (χ2v) is 8.55. The number of methoxy groups -OCH3 is 1. The van der Waals surface area contributed by atoms with Crippen LogP contribution in [0, 0.1) is 18.8 Å². The average molecular weight is 401 g/mol. The zero-order valence-corrected chi connectivity index (χ0v) is 18.3. The first-order chi connectivity index (χ1) is 14.0. The molecule has 3 N–H and O–H groups in total. The van der Waals surface area contributed by atoms with E-state index in [1.54, 1.807) is 7.11 Å². The van der Waals surface area contributed by atoms with Crippen molar-refractivity contribution in [3.8, 4) is 0 Å². The van der Waals surface area contributed by atoms with Crippen LogP contribution >= 0.6 is 0 Å². The van der Waals surface area contributed by atoms with Gasteiger partial charge in [0, 0.05) is 62.1 Å². The van der Waals surface area contributed by atoms with E-state index in [0.29, 0.717) is 18.4 Å². The Kier molecular flexibility index (Phi) is 7.33. The second kappa shape index (κ2) is 9.74. The van der Waals surface area contributed by atoms with Crippen LogP contribution in [0.3, 0.4) is 0 Å². The molecule has 2 atom stereocenters. The highest BCUT2D eigenvalue weighted by molar-refractivity contribution is 5.98. The molecule has 160 valence electrons. The predicted molar refractivity (Wildman–Crippen MR) is 118 cm³/mol. The molecule has 1 amide bonds. The first-order valence-electron chi connectivity index (χ1n) is 10.8. The van der Waals surface area contributed by atoms with E-state index >= 15 is 0 Å². The zero-order chi connectivity index (χ0) is 21.0. The molecule has 0 saturated carbocycles. The Balaban J connectivity index is 1.84. The van der Waals surface area contributed by atoms with Crippen LogP contribution in [0.2, 0.25) is 0 Å². The largest absolute Gasteiger partial charge is 0.385 e. The van der Waals surface area contributed by atoms with Gasteiger partial charge in [-0.2, -0.15) is 0 Å². The van der Waals surface area contributed by atoms with E-state index in [2.05, 4.69) is 49.0 Å². The summed E-state index contributed by atoms with van der Waals surface area (Å²) in [6, 6.07) is 6.26. The minimum absolute atomic E-state index is 0.104. The number of amides is 1. The Bertz CT molecular complexity index is 830. The van der Waals surface area contributed by atoms with Crippen LogP contribution in [-0.2, 0) is 11.3 Å². The number of carbonyl (C=O) groups is 1. The van der Waals surface area contributed by atoms with Crippen LogP contribution in [0.5, 0.6) is 0 Å². The van der Waals surface area contributed by atoms with Gasteiger partial charge in [-0.3, -0.25) is 4.79 Å². The maximum atomic E-state index is 13.4. The molecule has 6 heteroatoms. The molecule has 3 rings (SSSR count). The summed E-state index contributed by atoms with van der Waals surface area (Å²) in [7, 11) is 1.73. The fraction of sp³-hybridized carbons (Fsp3) is 0.609. The second-order valence-electron chi connectivity index (χ2n) is 8.55. The van der Waals surface area contributed by atoms with Crippen molar-refractivity contribution in [1.82, 2.24) is 14.8 Å². The van der Waals surface area contributed by atoms with Crippen molar-refractivity contribution in [2.45, 2.75) is 39.8 Å². The minimum atomic E-state index is 0.104. The fourth-order valence-corrected chi connectivity index (χ4v) is 4.40. The quantitative estimate of drug-likeness (QED) is 0.635. The summed E-state index contributed by atoms with van der Waals surface area (Å²) in [4.78, 5) is 15.4. The molecule has 1 fully saturated rings. The molecule has 0 unspecified atom stereocenters. The van der Waals surface area contributed by atoms with Gasteiger partial charge in [-0.1, -0.05) is 6.07 Å². The van der Waals surface area contributed by atoms with E-state index in [-0.39, 0.29) is 11.9 Å². The maximum Gasteiger partial charge on any atom is 0.254 e. The number of rotatable bonds is 9. The van der Waals surface area contributed by atoms with E-state index in [0.717, 1.165) is 50.3 Å². The first-order valence-corrected chi connectivity index (χ1v) is 10.8. The smallest absolute Gasteiger partial charge is 0.254 e. The maximum absolute atomic E-state index is 13.4. The molecule has 0 aliphatic carbocycles. The van der Waals surface area contributed by atoms with Gasteiger partial charge >= 0.3 is 0 Å². The van der Waals surface area contributed by atoms with Gasteiger partial charge in [-0.25, -0.2) is 0 Å². The van der Waals surface area contributed by atoms with Crippen LogP contribution in [0.15, 0.2) is 24.4 Å². The van der Waals surface area contributed by atoms with E-state index < -0.39 is 0 Å². The number of nitrogens with zero attached hydrogens (tertiary/aromatic N) is 2. The van der Waals surface area contributed by atoms with Crippen molar-refractivity contribution >= 4 is 16.8 Å². The normalized spacial score (nSPS) is 19.4. The fourth-order valence-electron chi connectivity index (χ4n) is 4.40. The van der Waals surface area contributed by atoms with Crippen molar-refractivity contribution < 1.29 is 9.53 Å². The van der Waals surface area contributed by atoms with Gasteiger partial charge in [0.05, 0.1) is 0 Å². The summed E-state index contributed by atoms with van der Waals surface area (Å²) in [5, 5.41) is 4.63. The lowest BCUT2D eigenvalue weighted by molar-refractivity contribution is 0.0663. The third-order valence-electron chi connectivity index (χ3n) is 6.17. The lowest BCUT2D eigenvalue weighted by atomic mass is 9.95. The molecular weight excluding hydrogens is 364 g/mol.